The number of carbonyl (C=O) groups excluding carboxylic acids is 3. The molecule has 1 aliphatic heterocycles. The fourth-order valence-corrected chi connectivity index (χ4v) is 1.91. The lowest BCUT2D eigenvalue weighted by Crippen LogP contribution is -2.45. The molecular formula is C12H20N2O4. The van der Waals surface area contributed by atoms with Crippen molar-refractivity contribution in [1.29, 1.82) is 0 Å². The molecule has 0 aromatic carbocycles. The van der Waals surface area contributed by atoms with Crippen LogP contribution in [0.15, 0.2) is 0 Å². The average molecular weight is 256 g/mol. The van der Waals surface area contributed by atoms with Gasteiger partial charge in [-0.05, 0) is 19.8 Å². The van der Waals surface area contributed by atoms with Gasteiger partial charge in [0.1, 0.15) is 0 Å². The summed E-state index contributed by atoms with van der Waals surface area (Å²) in [5, 5.41) is 2.68. The van der Waals surface area contributed by atoms with Gasteiger partial charge in [0.25, 0.3) is 0 Å². The minimum atomic E-state index is -0.364. The Bertz CT molecular complexity index is 330. The molecule has 1 atom stereocenters. The molecule has 2 amide bonds. The van der Waals surface area contributed by atoms with E-state index >= 15 is 0 Å². The van der Waals surface area contributed by atoms with E-state index in [0.717, 1.165) is 12.8 Å². The second kappa shape index (κ2) is 6.98. The number of amides is 2. The van der Waals surface area contributed by atoms with Crippen LogP contribution in [0.4, 0.5) is 0 Å². The maximum absolute atomic E-state index is 11.7. The highest BCUT2D eigenvalue weighted by Gasteiger charge is 2.21. The number of piperidine rings is 1. The van der Waals surface area contributed by atoms with Gasteiger partial charge in [-0.15, -0.1) is 0 Å². The molecule has 1 heterocycles. The van der Waals surface area contributed by atoms with Gasteiger partial charge in [-0.3, -0.25) is 14.4 Å². The van der Waals surface area contributed by atoms with Crippen molar-refractivity contribution >= 4 is 17.8 Å². The summed E-state index contributed by atoms with van der Waals surface area (Å²) in [5.41, 5.74) is 0. The second-order valence-corrected chi connectivity index (χ2v) is 4.52. The van der Waals surface area contributed by atoms with Crippen molar-refractivity contribution in [2.45, 2.75) is 38.6 Å². The molecule has 1 unspecified atom stereocenters. The zero-order valence-corrected chi connectivity index (χ0v) is 10.9. The number of rotatable bonds is 5. The van der Waals surface area contributed by atoms with Crippen LogP contribution < -0.4 is 5.32 Å². The minimum absolute atomic E-state index is 0.0250. The lowest BCUT2D eigenvalue weighted by atomic mass is 10.1. The third-order valence-corrected chi connectivity index (χ3v) is 2.86. The van der Waals surface area contributed by atoms with Gasteiger partial charge in [0.15, 0.2) is 0 Å². The Morgan fingerprint density at radius 3 is 2.78 bits per heavy atom. The number of hydrogen-bond donors (Lipinski definition) is 1. The molecule has 1 saturated heterocycles. The number of esters is 1. The lowest BCUT2D eigenvalue weighted by Gasteiger charge is -2.26. The maximum Gasteiger partial charge on any atom is 0.307 e. The molecule has 0 aromatic rings. The summed E-state index contributed by atoms with van der Waals surface area (Å²) in [5.74, 6) is -0.574. The summed E-state index contributed by atoms with van der Waals surface area (Å²) in [6.45, 7) is 2.44. The van der Waals surface area contributed by atoms with Crippen LogP contribution in [0, 0.1) is 0 Å². The van der Waals surface area contributed by atoms with Crippen molar-refractivity contribution in [3.63, 3.8) is 0 Å². The van der Waals surface area contributed by atoms with Crippen LogP contribution >= 0.6 is 0 Å². The van der Waals surface area contributed by atoms with E-state index < -0.39 is 0 Å². The third kappa shape index (κ3) is 4.73. The molecular weight excluding hydrogens is 236 g/mol. The first-order valence-electron chi connectivity index (χ1n) is 6.17. The zero-order valence-electron chi connectivity index (χ0n) is 10.9. The lowest BCUT2D eigenvalue weighted by molar-refractivity contribution is -0.142. The zero-order chi connectivity index (χ0) is 13.5. The quantitative estimate of drug-likeness (QED) is 0.706. The molecule has 0 aliphatic carbocycles. The van der Waals surface area contributed by atoms with E-state index in [9.17, 15) is 14.4 Å². The predicted molar refractivity (Wildman–Crippen MR) is 64.7 cm³/mol. The summed E-state index contributed by atoms with van der Waals surface area (Å²) in [6.07, 6.45) is 2.49. The van der Waals surface area contributed by atoms with Gasteiger partial charge in [-0.1, -0.05) is 0 Å². The SMILES string of the molecule is COC(=O)CC(C)NC(=O)CN1CCCCC1=O. The van der Waals surface area contributed by atoms with Crippen LogP contribution in [-0.2, 0) is 19.1 Å². The van der Waals surface area contributed by atoms with Crippen molar-refractivity contribution in [2.24, 2.45) is 0 Å². The Balaban J connectivity index is 2.32. The van der Waals surface area contributed by atoms with Crippen LogP contribution in [0.2, 0.25) is 0 Å². The topological polar surface area (TPSA) is 75.7 Å². The van der Waals surface area contributed by atoms with E-state index in [1.807, 2.05) is 0 Å². The predicted octanol–water partition coefficient (Wildman–Crippen LogP) is 0.0667. The number of hydrogen-bond acceptors (Lipinski definition) is 4. The molecule has 1 rings (SSSR count). The Morgan fingerprint density at radius 2 is 2.17 bits per heavy atom. The largest absolute Gasteiger partial charge is 0.469 e. The van der Waals surface area contributed by atoms with Crippen LogP contribution in [0.5, 0.6) is 0 Å². The minimum Gasteiger partial charge on any atom is -0.469 e. The first-order valence-corrected chi connectivity index (χ1v) is 6.17. The first kappa shape index (κ1) is 14.5. The van der Waals surface area contributed by atoms with Crippen LogP contribution in [0.1, 0.15) is 32.6 Å². The summed E-state index contributed by atoms with van der Waals surface area (Å²) in [7, 11) is 1.31. The van der Waals surface area contributed by atoms with Gasteiger partial charge in [-0.2, -0.15) is 0 Å². The Morgan fingerprint density at radius 1 is 1.44 bits per heavy atom. The van der Waals surface area contributed by atoms with Crippen molar-refractivity contribution in [2.75, 3.05) is 20.2 Å². The molecule has 0 bridgehead atoms. The van der Waals surface area contributed by atoms with E-state index in [1.165, 1.54) is 7.11 Å². The number of nitrogens with zero attached hydrogens (tertiary/aromatic N) is 1. The molecule has 0 aromatic heterocycles. The van der Waals surface area contributed by atoms with Crippen molar-refractivity contribution in [3.8, 4) is 0 Å². The fraction of sp³-hybridized carbons (Fsp3) is 0.750. The average Bonchev–Trinajstić information content (AvgIpc) is 2.31. The van der Waals surface area contributed by atoms with Gasteiger partial charge in [0.2, 0.25) is 11.8 Å². The number of nitrogens with one attached hydrogen (secondary N) is 1. The van der Waals surface area contributed by atoms with Crippen molar-refractivity contribution in [1.82, 2.24) is 10.2 Å². The normalized spacial score (nSPS) is 17.2. The smallest absolute Gasteiger partial charge is 0.307 e. The second-order valence-electron chi connectivity index (χ2n) is 4.52. The highest BCUT2D eigenvalue weighted by molar-refractivity contribution is 5.85. The first-order chi connectivity index (χ1) is 8.52. The molecule has 1 N–H and O–H groups in total. The van der Waals surface area contributed by atoms with Crippen molar-refractivity contribution in [3.05, 3.63) is 0 Å². The molecule has 0 radical (unpaired) electrons. The Labute approximate surface area is 107 Å². The number of ether oxygens (including phenoxy) is 1. The molecule has 102 valence electrons. The highest BCUT2D eigenvalue weighted by atomic mass is 16.5. The standard InChI is InChI=1S/C12H20N2O4/c1-9(7-12(17)18-2)13-10(15)8-14-6-4-3-5-11(14)16/h9H,3-8H2,1-2H3,(H,13,15). The highest BCUT2D eigenvalue weighted by Crippen LogP contribution is 2.09. The van der Waals surface area contributed by atoms with Gasteiger partial charge in [0.05, 0.1) is 20.1 Å². The van der Waals surface area contributed by atoms with Gasteiger partial charge in [0, 0.05) is 19.0 Å². The van der Waals surface area contributed by atoms with Crippen LogP contribution in [0.25, 0.3) is 0 Å². The number of carbonyl (C=O) groups is 3. The molecule has 18 heavy (non-hydrogen) atoms. The summed E-state index contributed by atoms with van der Waals surface area (Å²) < 4.78 is 4.51. The molecule has 6 nitrogen and oxygen atoms in total. The van der Waals surface area contributed by atoms with Crippen LogP contribution in [0.3, 0.4) is 0 Å². The number of likely N-dealkylation sites (tertiary alicyclic amines) is 1. The third-order valence-electron chi connectivity index (χ3n) is 2.86. The van der Waals surface area contributed by atoms with E-state index in [1.54, 1.807) is 11.8 Å². The van der Waals surface area contributed by atoms with E-state index in [-0.39, 0.29) is 36.8 Å². The van der Waals surface area contributed by atoms with E-state index in [2.05, 4.69) is 10.1 Å². The fourth-order valence-electron chi connectivity index (χ4n) is 1.91. The van der Waals surface area contributed by atoms with Gasteiger partial charge < -0.3 is 15.0 Å². The monoisotopic (exact) mass is 256 g/mol. The van der Waals surface area contributed by atoms with E-state index in [4.69, 9.17) is 0 Å². The summed E-state index contributed by atoms with van der Waals surface area (Å²) >= 11 is 0. The summed E-state index contributed by atoms with van der Waals surface area (Å²) in [6, 6.07) is -0.287. The summed E-state index contributed by atoms with van der Waals surface area (Å²) in [4.78, 5) is 35.8. The molecule has 0 saturated carbocycles. The maximum atomic E-state index is 11.7. The van der Waals surface area contributed by atoms with Gasteiger partial charge in [-0.25, -0.2) is 0 Å². The Hall–Kier alpha value is -1.59. The molecule has 1 aliphatic rings. The van der Waals surface area contributed by atoms with Gasteiger partial charge >= 0.3 is 5.97 Å². The van der Waals surface area contributed by atoms with Crippen molar-refractivity contribution < 1.29 is 19.1 Å². The van der Waals surface area contributed by atoms with Crippen LogP contribution in [-0.4, -0.2) is 48.9 Å². The molecule has 1 fully saturated rings. The Kier molecular flexibility index (Phi) is 5.61. The van der Waals surface area contributed by atoms with E-state index in [0.29, 0.717) is 13.0 Å². The number of methoxy groups -OCH3 is 1. The molecule has 6 heteroatoms. The molecule has 0 spiro atoms.